The first-order valence-corrected chi connectivity index (χ1v) is 7.09. The van der Waals surface area contributed by atoms with Crippen LogP contribution in [0, 0.1) is 11.8 Å². The lowest BCUT2D eigenvalue weighted by molar-refractivity contribution is -0.148. The van der Waals surface area contributed by atoms with E-state index in [2.05, 4.69) is 4.98 Å². The highest BCUT2D eigenvalue weighted by molar-refractivity contribution is 5.92. The molecular weight excluding hydrogens is 322 g/mol. The minimum Gasteiger partial charge on any atom is -0.481 e. The second-order valence-corrected chi connectivity index (χ2v) is 5.30. The van der Waals surface area contributed by atoms with Crippen molar-refractivity contribution < 1.29 is 39.6 Å². The number of aliphatic carboxylic acids is 2. The van der Waals surface area contributed by atoms with Crippen molar-refractivity contribution in [2.75, 3.05) is 0 Å². The van der Waals surface area contributed by atoms with Gasteiger partial charge >= 0.3 is 23.9 Å². The molecule has 0 bridgehead atoms. The van der Waals surface area contributed by atoms with Crippen LogP contribution in [0.4, 0.5) is 0 Å². The highest BCUT2D eigenvalue weighted by Crippen LogP contribution is 2.28. The van der Waals surface area contributed by atoms with Gasteiger partial charge in [-0.2, -0.15) is 0 Å². The molecule has 4 N–H and O–H groups in total. The molecule has 1 aromatic rings. The predicted octanol–water partition coefficient (Wildman–Crippen LogP) is 1.44. The van der Waals surface area contributed by atoms with Gasteiger partial charge in [0.1, 0.15) is 0 Å². The molecule has 24 heavy (non-hydrogen) atoms. The molecule has 0 amide bonds. The topological polar surface area (TPSA) is 162 Å². The molecular formula is C15H17NO8. The number of pyridine rings is 1. The zero-order valence-electron chi connectivity index (χ0n) is 12.6. The molecule has 0 unspecified atom stereocenters. The third kappa shape index (κ3) is 5.67. The number of hydrogen-bond donors (Lipinski definition) is 4. The van der Waals surface area contributed by atoms with E-state index in [-0.39, 0.29) is 23.0 Å². The molecule has 0 saturated heterocycles. The molecule has 1 aromatic heterocycles. The van der Waals surface area contributed by atoms with E-state index in [1.165, 1.54) is 0 Å². The fourth-order valence-electron chi connectivity index (χ4n) is 2.26. The van der Waals surface area contributed by atoms with Crippen molar-refractivity contribution in [1.29, 1.82) is 0 Å². The highest BCUT2D eigenvalue weighted by Gasteiger charge is 2.29. The molecule has 2 rings (SSSR count). The van der Waals surface area contributed by atoms with Crippen LogP contribution < -0.4 is 0 Å². The minimum atomic E-state index is -1.19. The van der Waals surface area contributed by atoms with Crippen LogP contribution in [0.5, 0.6) is 0 Å². The van der Waals surface area contributed by atoms with E-state index in [0.717, 1.165) is 18.5 Å². The van der Waals surface area contributed by atoms with Crippen LogP contribution in [-0.4, -0.2) is 49.3 Å². The van der Waals surface area contributed by atoms with Crippen LogP contribution in [0.15, 0.2) is 18.5 Å². The Morgan fingerprint density at radius 2 is 1.08 bits per heavy atom. The number of carboxylic acids is 4. The van der Waals surface area contributed by atoms with E-state index in [1.54, 1.807) is 0 Å². The SMILES string of the molecule is O=C(O)C1CCC(C(=O)O)CC1.O=C(O)c1cncc(C(=O)O)c1. The quantitative estimate of drug-likeness (QED) is 0.635. The highest BCUT2D eigenvalue weighted by atomic mass is 16.4. The third-order valence-corrected chi connectivity index (χ3v) is 3.66. The molecule has 130 valence electrons. The molecule has 9 nitrogen and oxygen atoms in total. The van der Waals surface area contributed by atoms with Crippen LogP contribution >= 0.6 is 0 Å². The van der Waals surface area contributed by atoms with E-state index in [0.29, 0.717) is 25.7 Å². The third-order valence-electron chi connectivity index (χ3n) is 3.66. The summed E-state index contributed by atoms with van der Waals surface area (Å²) in [5.74, 6) is -4.60. The smallest absolute Gasteiger partial charge is 0.337 e. The minimum absolute atomic E-state index is 0.130. The van der Waals surface area contributed by atoms with Crippen molar-refractivity contribution in [2.24, 2.45) is 11.8 Å². The second kappa shape index (κ2) is 8.61. The summed E-state index contributed by atoms with van der Waals surface area (Å²) in [6, 6.07) is 1.05. The molecule has 0 aromatic carbocycles. The first kappa shape index (κ1) is 19.1. The lowest BCUT2D eigenvalue weighted by Gasteiger charge is -2.22. The Balaban J connectivity index is 0.000000240. The van der Waals surface area contributed by atoms with E-state index < -0.39 is 23.9 Å². The summed E-state index contributed by atoms with van der Waals surface area (Å²) in [6.45, 7) is 0. The van der Waals surface area contributed by atoms with Gasteiger partial charge in [-0.25, -0.2) is 9.59 Å². The van der Waals surface area contributed by atoms with Gasteiger partial charge in [0.2, 0.25) is 0 Å². The Kier molecular flexibility index (Phi) is 6.84. The van der Waals surface area contributed by atoms with Gasteiger partial charge in [-0.05, 0) is 31.7 Å². The number of aromatic carboxylic acids is 2. The van der Waals surface area contributed by atoms with Crippen LogP contribution in [0.3, 0.4) is 0 Å². The summed E-state index contributed by atoms with van der Waals surface area (Å²) in [5, 5.41) is 34.1. The van der Waals surface area contributed by atoms with Crippen molar-refractivity contribution in [3.05, 3.63) is 29.6 Å². The van der Waals surface area contributed by atoms with Crippen molar-refractivity contribution in [1.82, 2.24) is 4.98 Å². The van der Waals surface area contributed by atoms with Crippen LogP contribution in [-0.2, 0) is 9.59 Å². The summed E-state index contributed by atoms with van der Waals surface area (Å²) < 4.78 is 0. The maximum absolute atomic E-state index is 10.5. The summed E-state index contributed by atoms with van der Waals surface area (Å²) in [7, 11) is 0. The Hall–Kier alpha value is -2.97. The standard InChI is InChI=1S/C8H12O4.C7H5NO4/c9-7(10)5-1-2-6(4-3-5)8(11)12;9-6(10)4-1-5(7(11)12)3-8-2-4/h5-6H,1-4H2,(H,9,10)(H,11,12);1-3H,(H,9,10)(H,11,12). The van der Waals surface area contributed by atoms with Gasteiger partial charge in [-0.1, -0.05) is 0 Å². The van der Waals surface area contributed by atoms with E-state index in [4.69, 9.17) is 20.4 Å². The number of carbonyl (C=O) groups is 4. The summed E-state index contributed by atoms with van der Waals surface area (Å²) >= 11 is 0. The molecule has 0 atom stereocenters. The normalized spacial score (nSPS) is 19.5. The zero-order chi connectivity index (χ0) is 18.3. The largest absolute Gasteiger partial charge is 0.481 e. The van der Waals surface area contributed by atoms with Crippen LogP contribution in [0.2, 0.25) is 0 Å². The summed E-state index contributed by atoms with van der Waals surface area (Å²) in [5.41, 5.74) is -0.259. The van der Waals surface area contributed by atoms with Crippen molar-refractivity contribution in [3.8, 4) is 0 Å². The molecule has 0 aliphatic heterocycles. The van der Waals surface area contributed by atoms with Crippen molar-refractivity contribution in [3.63, 3.8) is 0 Å². The van der Waals surface area contributed by atoms with Gasteiger partial charge in [-0.3, -0.25) is 14.6 Å². The number of nitrogens with zero attached hydrogens (tertiary/aromatic N) is 1. The second-order valence-electron chi connectivity index (χ2n) is 5.30. The van der Waals surface area contributed by atoms with Gasteiger partial charge in [-0.15, -0.1) is 0 Å². The lowest BCUT2D eigenvalue weighted by atomic mass is 9.82. The van der Waals surface area contributed by atoms with Gasteiger partial charge in [0, 0.05) is 12.4 Å². The van der Waals surface area contributed by atoms with Gasteiger partial charge in [0.15, 0.2) is 0 Å². The summed E-state index contributed by atoms with van der Waals surface area (Å²) in [6.07, 6.45) is 4.21. The maximum Gasteiger partial charge on any atom is 0.337 e. The Morgan fingerprint density at radius 3 is 1.33 bits per heavy atom. The first-order chi connectivity index (χ1) is 11.2. The van der Waals surface area contributed by atoms with Crippen LogP contribution in [0.1, 0.15) is 46.4 Å². The molecule has 1 saturated carbocycles. The Morgan fingerprint density at radius 1 is 0.750 bits per heavy atom. The van der Waals surface area contributed by atoms with Crippen molar-refractivity contribution >= 4 is 23.9 Å². The monoisotopic (exact) mass is 339 g/mol. The predicted molar refractivity (Wildman–Crippen MR) is 78.9 cm³/mol. The van der Waals surface area contributed by atoms with Gasteiger partial charge in [0.05, 0.1) is 23.0 Å². The van der Waals surface area contributed by atoms with Crippen LogP contribution in [0.25, 0.3) is 0 Å². The maximum atomic E-state index is 10.5. The molecule has 1 heterocycles. The number of hydrogen-bond acceptors (Lipinski definition) is 5. The zero-order valence-corrected chi connectivity index (χ0v) is 12.6. The number of aromatic nitrogens is 1. The Bertz CT molecular complexity index is 583. The molecule has 1 fully saturated rings. The molecule has 0 radical (unpaired) electrons. The number of rotatable bonds is 4. The van der Waals surface area contributed by atoms with E-state index in [9.17, 15) is 19.2 Å². The Labute approximate surface area is 136 Å². The summed E-state index contributed by atoms with van der Waals surface area (Å²) in [4.78, 5) is 45.1. The average Bonchev–Trinajstić information content (AvgIpc) is 2.55. The molecule has 0 spiro atoms. The molecule has 1 aliphatic rings. The first-order valence-electron chi connectivity index (χ1n) is 7.09. The number of carboxylic acid groups (broad SMARTS) is 4. The average molecular weight is 339 g/mol. The van der Waals surface area contributed by atoms with Crippen molar-refractivity contribution in [2.45, 2.75) is 25.7 Å². The fourth-order valence-corrected chi connectivity index (χ4v) is 2.26. The van der Waals surface area contributed by atoms with E-state index >= 15 is 0 Å². The molecule has 9 heteroatoms. The van der Waals surface area contributed by atoms with E-state index in [1.807, 2.05) is 0 Å². The lowest BCUT2D eigenvalue weighted by Crippen LogP contribution is -2.25. The molecule has 1 aliphatic carbocycles. The van der Waals surface area contributed by atoms with Gasteiger partial charge < -0.3 is 20.4 Å². The van der Waals surface area contributed by atoms with Gasteiger partial charge in [0.25, 0.3) is 0 Å². The fraction of sp³-hybridized carbons (Fsp3) is 0.400.